The van der Waals surface area contributed by atoms with Crippen LogP contribution in [0.15, 0.2) is 72.9 Å². The molecule has 0 bridgehead atoms. The first-order chi connectivity index (χ1) is 17.5. The lowest BCUT2D eigenvalue weighted by atomic mass is 9.98. The largest absolute Gasteiger partial charge is 0.497 e. The van der Waals surface area contributed by atoms with Crippen molar-refractivity contribution in [2.75, 3.05) is 51.6 Å². The Kier molecular flexibility index (Phi) is 8.23. The van der Waals surface area contributed by atoms with Crippen LogP contribution in [0.5, 0.6) is 5.75 Å². The number of hydrogen-bond donors (Lipinski definition) is 1. The van der Waals surface area contributed by atoms with Gasteiger partial charge in [0, 0.05) is 49.7 Å². The van der Waals surface area contributed by atoms with Crippen LogP contribution in [0.25, 0.3) is 16.8 Å². The number of ether oxygens (including phenoxy) is 1. The quantitative estimate of drug-likeness (QED) is 0.383. The second-order valence-corrected chi connectivity index (χ2v) is 9.31. The molecule has 4 aromatic rings. The number of rotatable bonds is 6. The second-order valence-electron chi connectivity index (χ2n) is 9.31. The lowest BCUT2D eigenvalue weighted by Gasteiger charge is -2.28. The summed E-state index contributed by atoms with van der Waals surface area (Å²) in [5.41, 5.74) is 5.24. The Hall–Kier alpha value is -3.84. The number of hydrogen-bond acceptors (Lipinski definition) is 5. The van der Waals surface area contributed by atoms with Crippen LogP contribution < -0.4 is 15.0 Å². The molecule has 1 aliphatic rings. The van der Waals surface area contributed by atoms with Crippen molar-refractivity contribution in [2.45, 2.75) is 18.8 Å². The van der Waals surface area contributed by atoms with Crippen molar-refractivity contribution in [2.24, 2.45) is 0 Å². The van der Waals surface area contributed by atoms with Crippen LogP contribution in [0.3, 0.4) is 0 Å². The molecule has 0 radical (unpaired) electrons. The molecule has 7 nitrogen and oxygen atoms in total. The Balaban J connectivity index is 0.000000214. The van der Waals surface area contributed by atoms with Gasteiger partial charge < -0.3 is 24.3 Å². The number of carbonyl (C=O) groups excluding carboxylic acids is 1. The van der Waals surface area contributed by atoms with Gasteiger partial charge in [-0.25, -0.2) is 4.98 Å². The van der Waals surface area contributed by atoms with Crippen molar-refractivity contribution >= 4 is 23.3 Å². The van der Waals surface area contributed by atoms with Crippen LogP contribution in [0, 0.1) is 0 Å². The Morgan fingerprint density at radius 3 is 2.58 bits per heavy atom. The summed E-state index contributed by atoms with van der Waals surface area (Å²) in [5, 5.41) is 2.57. The number of pyridine rings is 1. The molecule has 1 fully saturated rings. The van der Waals surface area contributed by atoms with Crippen LogP contribution in [0.4, 0.5) is 11.4 Å². The number of benzene rings is 2. The van der Waals surface area contributed by atoms with E-state index in [1.807, 2.05) is 55.4 Å². The third kappa shape index (κ3) is 5.86. The van der Waals surface area contributed by atoms with Crippen LogP contribution in [0.1, 0.15) is 24.6 Å². The second kappa shape index (κ2) is 11.7. The highest BCUT2D eigenvalue weighted by Gasteiger charge is 2.24. The minimum Gasteiger partial charge on any atom is -0.497 e. The number of amides is 1. The summed E-state index contributed by atoms with van der Waals surface area (Å²) in [4.78, 5) is 19.6. The lowest BCUT2D eigenvalue weighted by molar-refractivity contribution is -0.105. The molecular formula is C29H35N5O2. The van der Waals surface area contributed by atoms with Gasteiger partial charge in [0.1, 0.15) is 11.6 Å². The monoisotopic (exact) mass is 485 g/mol. The summed E-state index contributed by atoms with van der Waals surface area (Å²) in [5.74, 6) is 2.52. The number of nitrogens with zero attached hydrogens (tertiary/aromatic N) is 4. The van der Waals surface area contributed by atoms with Gasteiger partial charge in [-0.15, -0.1) is 0 Å². The smallest absolute Gasteiger partial charge is 0.211 e. The van der Waals surface area contributed by atoms with E-state index in [4.69, 9.17) is 9.72 Å². The summed E-state index contributed by atoms with van der Waals surface area (Å²) < 4.78 is 7.65. The number of fused-ring (bicyclic) bond motifs is 1. The molecule has 2 aromatic carbocycles. The molecule has 1 N–H and O–H groups in total. The summed E-state index contributed by atoms with van der Waals surface area (Å²) in [6.45, 7) is 2.26. The Labute approximate surface area is 213 Å². The number of piperidine rings is 1. The molecule has 1 atom stereocenters. The van der Waals surface area contributed by atoms with Crippen molar-refractivity contribution < 1.29 is 9.53 Å². The maximum absolute atomic E-state index is 10.1. The molecule has 1 unspecified atom stereocenters. The summed E-state index contributed by atoms with van der Waals surface area (Å²) in [7, 11) is 7.85. The van der Waals surface area contributed by atoms with Gasteiger partial charge in [-0.05, 0) is 75.0 Å². The van der Waals surface area contributed by atoms with Crippen molar-refractivity contribution in [3.05, 3.63) is 78.8 Å². The first-order valence-electron chi connectivity index (χ1n) is 12.3. The summed E-state index contributed by atoms with van der Waals surface area (Å²) >= 11 is 0. The van der Waals surface area contributed by atoms with E-state index in [0.717, 1.165) is 40.4 Å². The lowest BCUT2D eigenvalue weighted by Crippen LogP contribution is -2.31. The number of likely N-dealkylation sites (N-methyl/N-ethyl adjacent to an activating group) is 1. The van der Waals surface area contributed by atoms with E-state index in [0.29, 0.717) is 12.3 Å². The van der Waals surface area contributed by atoms with Gasteiger partial charge in [0.2, 0.25) is 6.41 Å². The highest BCUT2D eigenvalue weighted by molar-refractivity contribution is 5.78. The van der Waals surface area contributed by atoms with Gasteiger partial charge in [-0.3, -0.25) is 4.79 Å². The Morgan fingerprint density at radius 2 is 1.89 bits per heavy atom. The van der Waals surface area contributed by atoms with E-state index in [-0.39, 0.29) is 0 Å². The third-order valence-electron chi connectivity index (χ3n) is 6.52. The number of anilines is 2. The number of methoxy groups -OCH3 is 1. The molecule has 0 spiro atoms. The summed E-state index contributed by atoms with van der Waals surface area (Å²) in [6, 6.07) is 22.1. The average molecular weight is 486 g/mol. The maximum atomic E-state index is 10.1. The molecule has 1 amide bonds. The Bertz CT molecular complexity index is 1280. The molecule has 1 saturated heterocycles. The first kappa shape index (κ1) is 25.3. The zero-order valence-corrected chi connectivity index (χ0v) is 21.5. The van der Waals surface area contributed by atoms with Gasteiger partial charge in [-0.1, -0.05) is 18.2 Å². The minimum atomic E-state index is 0.484. The van der Waals surface area contributed by atoms with Crippen molar-refractivity contribution in [3.63, 3.8) is 0 Å². The standard InChI is InChI=1S/C20H23N3O.C9H12N2O/c1-22-11-6-8-16(14-22)20-21-19(18-10-3-4-12-23(18)20)15-7-5-9-17(13-15)24-2;1-11(2)9-5-3-8(4-6-9)10-7-12/h3-5,7,9-10,12-13,16H,6,8,11,14H2,1-2H3;3-7H,1-2H3,(H,10,12). The van der Waals surface area contributed by atoms with Gasteiger partial charge >= 0.3 is 0 Å². The zero-order valence-electron chi connectivity index (χ0n) is 21.5. The third-order valence-corrected chi connectivity index (χ3v) is 6.52. The number of carbonyl (C=O) groups is 1. The fourth-order valence-corrected chi connectivity index (χ4v) is 4.63. The molecular weight excluding hydrogens is 450 g/mol. The van der Waals surface area contributed by atoms with Gasteiger partial charge in [-0.2, -0.15) is 0 Å². The molecule has 5 rings (SSSR count). The number of aromatic nitrogens is 2. The molecule has 2 aromatic heterocycles. The van der Waals surface area contributed by atoms with Crippen LogP contribution in [0.2, 0.25) is 0 Å². The fourth-order valence-electron chi connectivity index (χ4n) is 4.63. The molecule has 36 heavy (non-hydrogen) atoms. The van der Waals surface area contributed by atoms with Gasteiger partial charge in [0.05, 0.1) is 18.3 Å². The molecule has 188 valence electrons. The first-order valence-corrected chi connectivity index (χ1v) is 12.3. The molecule has 0 saturated carbocycles. The number of imidazole rings is 1. The number of nitrogens with one attached hydrogen (secondary N) is 1. The van der Waals surface area contributed by atoms with Crippen LogP contribution >= 0.6 is 0 Å². The summed E-state index contributed by atoms with van der Waals surface area (Å²) in [6.07, 6.45) is 5.24. The Morgan fingerprint density at radius 1 is 1.08 bits per heavy atom. The predicted molar refractivity (Wildman–Crippen MR) is 147 cm³/mol. The van der Waals surface area contributed by atoms with E-state index in [2.05, 4.69) is 58.2 Å². The topological polar surface area (TPSA) is 62.1 Å². The van der Waals surface area contributed by atoms with Crippen molar-refractivity contribution in [1.82, 2.24) is 14.3 Å². The minimum absolute atomic E-state index is 0.484. The van der Waals surface area contributed by atoms with Crippen molar-refractivity contribution in [1.29, 1.82) is 0 Å². The number of likely N-dealkylation sites (tertiary alicyclic amines) is 1. The SMILES string of the molecule is CN(C)c1ccc(NC=O)cc1.COc1cccc(-c2nc(C3CCCN(C)C3)n3ccccc23)c1. The van der Waals surface area contributed by atoms with Crippen LogP contribution in [-0.4, -0.2) is 62.0 Å². The van der Waals surface area contributed by atoms with Gasteiger partial charge in [0.25, 0.3) is 0 Å². The van der Waals surface area contributed by atoms with E-state index < -0.39 is 0 Å². The van der Waals surface area contributed by atoms with Crippen LogP contribution in [-0.2, 0) is 4.79 Å². The molecule has 0 aliphatic carbocycles. The van der Waals surface area contributed by atoms with E-state index in [9.17, 15) is 4.79 Å². The van der Waals surface area contributed by atoms with E-state index in [1.165, 1.54) is 25.2 Å². The molecule has 1 aliphatic heterocycles. The highest BCUT2D eigenvalue weighted by atomic mass is 16.5. The zero-order chi connectivity index (χ0) is 25.5. The molecule has 7 heteroatoms. The van der Waals surface area contributed by atoms with Gasteiger partial charge in [0.15, 0.2) is 0 Å². The predicted octanol–water partition coefficient (Wildman–Crippen LogP) is 5.14. The normalized spacial score (nSPS) is 15.6. The molecule has 3 heterocycles. The maximum Gasteiger partial charge on any atom is 0.211 e. The van der Waals surface area contributed by atoms with Crippen molar-refractivity contribution in [3.8, 4) is 17.0 Å². The fraction of sp³-hybridized carbons (Fsp3) is 0.310. The van der Waals surface area contributed by atoms with E-state index >= 15 is 0 Å². The highest BCUT2D eigenvalue weighted by Crippen LogP contribution is 2.32. The average Bonchev–Trinajstić information content (AvgIpc) is 3.29. The van der Waals surface area contributed by atoms with E-state index in [1.54, 1.807) is 7.11 Å².